The number of halogens is 1. The quantitative estimate of drug-likeness (QED) is 0.692. The largest absolute Gasteiger partial charge is 0.352 e. The molecule has 0 radical (unpaired) electrons. The molecule has 6 nitrogen and oxygen atoms in total. The van der Waals surface area contributed by atoms with Gasteiger partial charge >= 0.3 is 0 Å². The molecule has 2 heterocycles. The van der Waals surface area contributed by atoms with Gasteiger partial charge in [-0.1, -0.05) is 54.1 Å². The Morgan fingerprint density at radius 1 is 1.21 bits per heavy atom. The average Bonchev–Trinajstić information content (AvgIpc) is 3.15. The summed E-state index contributed by atoms with van der Waals surface area (Å²) in [6, 6.07) is 16.4. The van der Waals surface area contributed by atoms with Crippen molar-refractivity contribution in [3.8, 4) is 11.1 Å². The fourth-order valence-corrected chi connectivity index (χ4v) is 3.61. The Labute approximate surface area is 167 Å². The Kier molecular flexibility index (Phi) is 4.88. The number of hydrogen-bond acceptors (Lipinski definition) is 3. The van der Waals surface area contributed by atoms with Gasteiger partial charge in [0.15, 0.2) is 0 Å². The molecule has 3 aromatic rings. The molecule has 2 N–H and O–H groups in total. The number of nitrogens with one attached hydrogen (secondary N) is 2. The van der Waals surface area contributed by atoms with Crippen LogP contribution in [0.25, 0.3) is 11.1 Å². The number of carbonyl (C=O) groups excluding carboxylic acids is 2. The second-order valence-electron chi connectivity index (χ2n) is 6.74. The molecule has 0 aliphatic carbocycles. The van der Waals surface area contributed by atoms with Crippen molar-refractivity contribution in [1.29, 1.82) is 0 Å². The summed E-state index contributed by atoms with van der Waals surface area (Å²) in [4.78, 5) is 24.9. The van der Waals surface area contributed by atoms with Crippen LogP contribution in [0.5, 0.6) is 0 Å². The summed E-state index contributed by atoms with van der Waals surface area (Å²) >= 11 is 6.11. The second-order valence-corrected chi connectivity index (χ2v) is 7.17. The normalized spacial score (nSPS) is 15.2. The molecule has 1 aliphatic rings. The van der Waals surface area contributed by atoms with Crippen LogP contribution in [0.3, 0.4) is 0 Å². The van der Waals surface area contributed by atoms with Gasteiger partial charge in [-0.05, 0) is 30.2 Å². The maximum Gasteiger partial charge on any atom is 0.251 e. The van der Waals surface area contributed by atoms with Crippen LogP contribution >= 0.6 is 11.6 Å². The maximum atomic E-state index is 12.5. The van der Waals surface area contributed by atoms with Crippen molar-refractivity contribution >= 4 is 29.2 Å². The number of rotatable bonds is 5. The molecule has 1 atom stereocenters. The molecular formula is C21H19ClN4O2. The summed E-state index contributed by atoms with van der Waals surface area (Å²) in [6.45, 7) is 2.30. The highest BCUT2D eigenvalue weighted by Crippen LogP contribution is 2.38. The lowest BCUT2D eigenvalue weighted by molar-refractivity contribution is -0.126. The monoisotopic (exact) mass is 394 g/mol. The van der Waals surface area contributed by atoms with Crippen LogP contribution in [0.1, 0.15) is 23.7 Å². The van der Waals surface area contributed by atoms with Crippen molar-refractivity contribution in [2.24, 2.45) is 0 Å². The van der Waals surface area contributed by atoms with Crippen molar-refractivity contribution < 1.29 is 9.59 Å². The van der Waals surface area contributed by atoms with Crippen molar-refractivity contribution in [2.75, 3.05) is 5.32 Å². The minimum Gasteiger partial charge on any atom is -0.352 e. The lowest BCUT2D eigenvalue weighted by Crippen LogP contribution is -2.28. The van der Waals surface area contributed by atoms with E-state index >= 15 is 0 Å². The summed E-state index contributed by atoms with van der Waals surface area (Å²) in [5, 5.41) is 10.9. The van der Waals surface area contributed by atoms with E-state index in [-0.39, 0.29) is 18.2 Å². The van der Waals surface area contributed by atoms with Crippen LogP contribution in [0, 0.1) is 6.92 Å². The van der Waals surface area contributed by atoms with Crippen LogP contribution in [0.2, 0.25) is 5.02 Å². The molecular weight excluding hydrogens is 376 g/mol. The van der Waals surface area contributed by atoms with Gasteiger partial charge in [0.25, 0.3) is 5.91 Å². The van der Waals surface area contributed by atoms with Crippen molar-refractivity contribution in [2.45, 2.75) is 25.9 Å². The zero-order valence-corrected chi connectivity index (χ0v) is 16.0. The number of aromatic nitrogens is 2. The zero-order chi connectivity index (χ0) is 19.7. The van der Waals surface area contributed by atoms with E-state index in [2.05, 4.69) is 15.7 Å². The molecule has 1 unspecified atom stereocenters. The van der Waals surface area contributed by atoms with Crippen molar-refractivity contribution in [1.82, 2.24) is 15.1 Å². The van der Waals surface area contributed by atoms with Gasteiger partial charge in [-0.2, -0.15) is 5.10 Å². The standard InChI is InChI=1S/C21H19ClN4O2/c1-13-19(15-8-5-9-16(22)10-15)20-24-21(28)17(26(20)25-13)11-18(27)23-12-14-6-3-2-4-7-14/h2-10,17H,11-12H2,1H3,(H,23,27)(H,24,28). The first-order valence-corrected chi connectivity index (χ1v) is 9.37. The van der Waals surface area contributed by atoms with Crippen LogP contribution in [-0.4, -0.2) is 21.6 Å². The predicted molar refractivity (Wildman–Crippen MR) is 108 cm³/mol. The molecule has 0 saturated heterocycles. The van der Waals surface area contributed by atoms with Gasteiger partial charge in [0, 0.05) is 17.1 Å². The fraction of sp³-hybridized carbons (Fsp3) is 0.190. The van der Waals surface area contributed by atoms with E-state index in [9.17, 15) is 9.59 Å². The van der Waals surface area contributed by atoms with Crippen molar-refractivity contribution in [3.63, 3.8) is 0 Å². The smallest absolute Gasteiger partial charge is 0.251 e. The third kappa shape index (κ3) is 3.51. The minimum absolute atomic E-state index is 0.0295. The number of anilines is 1. The van der Waals surface area contributed by atoms with E-state index in [1.807, 2.05) is 55.5 Å². The van der Waals surface area contributed by atoms with E-state index in [1.165, 1.54) is 0 Å². The van der Waals surface area contributed by atoms with Crippen LogP contribution in [0.15, 0.2) is 54.6 Å². The molecule has 1 aliphatic heterocycles. The van der Waals surface area contributed by atoms with Crippen LogP contribution in [0.4, 0.5) is 5.82 Å². The Balaban J connectivity index is 1.53. The number of fused-ring (bicyclic) bond motifs is 1. The molecule has 1 aromatic heterocycles. The van der Waals surface area contributed by atoms with Gasteiger partial charge in [0.2, 0.25) is 5.91 Å². The van der Waals surface area contributed by atoms with E-state index in [0.29, 0.717) is 17.4 Å². The van der Waals surface area contributed by atoms with E-state index in [4.69, 9.17) is 11.6 Å². The van der Waals surface area contributed by atoms with Gasteiger partial charge in [0.1, 0.15) is 11.9 Å². The number of amides is 2. The summed E-state index contributed by atoms with van der Waals surface area (Å²) in [7, 11) is 0. The predicted octanol–water partition coefficient (Wildman–Crippen LogP) is 3.71. The molecule has 7 heteroatoms. The zero-order valence-electron chi connectivity index (χ0n) is 15.3. The Bertz CT molecular complexity index is 1050. The van der Waals surface area contributed by atoms with Crippen LogP contribution < -0.4 is 10.6 Å². The Morgan fingerprint density at radius 2 is 2.00 bits per heavy atom. The lowest BCUT2D eigenvalue weighted by Gasteiger charge is -2.10. The third-order valence-electron chi connectivity index (χ3n) is 4.75. The summed E-state index contributed by atoms with van der Waals surface area (Å²) in [5.41, 5.74) is 3.47. The first-order valence-electron chi connectivity index (χ1n) is 8.99. The molecule has 2 aromatic carbocycles. The second kappa shape index (κ2) is 7.48. The van der Waals surface area contributed by atoms with Gasteiger partial charge < -0.3 is 10.6 Å². The molecule has 4 rings (SSSR count). The molecule has 2 amide bonds. The topological polar surface area (TPSA) is 76.0 Å². The van der Waals surface area contributed by atoms with E-state index in [0.717, 1.165) is 22.4 Å². The number of carbonyl (C=O) groups is 2. The van der Waals surface area contributed by atoms with E-state index < -0.39 is 6.04 Å². The highest BCUT2D eigenvalue weighted by atomic mass is 35.5. The minimum atomic E-state index is -0.669. The summed E-state index contributed by atoms with van der Waals surface area (Å²) < 4.78 is 1.61. The van der Waals surface area contributed by atoms with Crippen molar-refractivity contribution in [3.05, 3.63) is 70.9 Å². The molecule has 28 heavy (non-hydrogen) atoms. The van der Waals surface area contributed by atoms with Gasteiger partial charge in [-0.15, -0.1) is 0 Å². The number of aryl methyl sites for hydroxylation is 1. The highest BCUT2D eigenvalue weighted by Gasteiger charge is 2.36. The molecule has 0 spiro atoms. The molecule has 0 bridgehead atoms. The molecule has 142 valence electrons. The summed E-state index contributed by atoms with van der Waals surface area (Å²) in [5.74, 6) is 0.167. The van der Waals surface area contributed by atoms with Gasteiger partial charge in [-0.25, -0.2) is 4.68 Å². The summed E-state index contributed by atoms with van der Waals surface area (Å²) in [6.07, 6.45) is 0.0295. The number of benzene rings is 2. The lowest BCUT2D eigenvalue weighted by atomic mass is 10.1. The first kappa shape index (κ1) is 18.3. The van der Waals surface area contributed by atoms with E-state index in [1.54, 1.807) is 10.7 Å². The molecule has 0 fully saturated rings. The number of hydrogen-bond donors (Lipinski definition) is 2. The van der Waals surface area contributed by atoms with Crippen LogP contribution in [-0.2, 0) is 16.1 Å². The van der Waals surface area contributed by atoms with Gasteiger partial charge in [-0.3, -0.25) is 9.59 Å². The Morgan fingerprint density at radius 3 is 2.75 bits per heavy atom. The molecule has 0 saturated carbocycles. The third-order valence-corrected chi connectivity index (χ3v) is 4.98. The Hall–Kier alpha value is -3.12. The highest BCUT2D eigenvalue weighted by molar-refractivity contribution is 6.30. The van der Waals surface area contributed by atoms with Gasteiger partial charge in [0.05, 0.1) is 12.1 Å². The maximum absolute atomic E-state index is 12.5. The average molecular weight is 395 g/mol. The first-order chi connectivity index (χ1) is 13.5. The SMILES string of the molecule is Cc1nn2c(c1-c1cccc(Cl)c1)NC(=O)C2CC(=O)NCc1ccccc1. The fourth-order valence-electron chi connectivity index (χ4n) is 3.42. The number of nitrogens with zero attached hydrogens (tertiary/aromatic N) is 2.